The quantitative estimate of drug-likeness (QED) is 0.782. The summed E-state index contributed by atoms with van der Waals surface area (Å²) in [4.78, 5) is 41.3. The summed E-state index contributed by atoms with van der Waals surface area (Å²) in [7, 11) is 1.32. The highest BCUT2D eigenvalue weighted by Gasteiger charge is 2.33. The molecule has 2 atom stereocenters. The molecule has 0 spiro atoms. The predicted octanol–water partition coefficient (Wildman–Crippen LogP) is 1.81. The highest BCUT2D eigenvalue weighted by molar-refractivity contribution is 5.86. The molecule has 0 bridgehead atoms. The van der Waals surface area contributed by atoms with Crippen LogP contribution >= 0.6 is 0 Å². The molecule has 1 aromatic rings. The second kappa shape index (κ2) is 9.57. The van der Waals surface area contributed by atoms with Gasteiger partial charge in [-0.25, -0.2) is 9.59 Å². The molecule has 7 heteroatoms. The van der Waals surface area contributed by atoms with Gasteiger partial charge >= 0.3 is 12.0 Å². The zero-order chi connectivity index (χ0) is 19.9. The normalized spacial score (nSPS) is 20.5. The van der Waals surface area contributed by atoms with E-state index in [-0.39, 0.29) is 17.9 Å². The van der Waals surface area contributed by atoms with E-state index in [1.807, 2.05) is 35.2 Å². The van der Waals surface area contributed by atoms with Crippen molar-refractivity contribution >= 4 is 17.9 Å². The van der Waals surface area contributed by atoms with E-state index in [2.05, 4.69) is 5.32 Å². The number of ether oxygens (including phenoxy) is 1. The van der Waals surface area contributed by atoms with Gasteiger partial charge in [0.25, 0.3) is 0 Å². The molecule has 1 unspecified atom stereocenters. The van der Waals surface area contributed by atoms with Crippen LogP contribution in [-0.4, -0.2) is 67.0 Å². The van der Waals surface area contributed by atoms with Crippen LogP contribution in [0.5, 0.6) is 0 Å². The van der Waals surface area contributed by atoms with E-state index in [0.29, 0.717) is 19.5 Å². The third-order valence-corrected chi connectivity index (χ3v) is 5.52. The van der Waals surface area contributed by atoms with Crippen molar-refractivity contribution in [3.05, 3.63) is 35.9 Å². The Hall–Kier alpha value is -2.57. The molecular formula is C21H29N3O4. The van der Waals surface area contributed by atoms with Crippen molar-refractivity contribution in [1.29, 1.82) is 0 Å². The summed E-state index contributed by atoms with van der Waals surface area (Å²) in [6.45, 7) is 2.69. The molecular weight excluding hydrogens is 358 g/mol. The minimum Gasteiger partial charge on any atom is -0.467 e. The van der Waals surface area contributed by atoms with Gasteiger partial charge < -0.3 is 19.9 Å². The van der Waals surface area contributed by atoms with Gasteiger partial charge in [0.05, 0.1) is 13.0 Å². The largest absolute Gasteiger partial charge is 0.467 e. The molecule has 0 radical (unpaired) electrons. The van der Waals surface area contributed by atoms with E-state index in [1.165, 1.54) is 7.11 Å². The third-order valence-electron chi connectivity index (χ3n) is 5.52. The average molecular weight is 387 g/mol. The van der Waals surface area contributed by atoms with Crippen molar-refractivity contribution in [1.82, 2.24) is 15.1 Å². The number of hydrogen-bond donors (Lipinski definition) is 1. The first-order chi connectivity index (χ1) is 13.6. The second-order valence-corrected chi connectivity index (χ2v) is 7.54. The van der Waals surface area contributed by atoms with E-state index in [0.717, 1.165) is 44.3 Å². The topological polar surface area (TPSA) is 79.0 Å². The maximum absolute atomic E-state index is 12.8. The number of methoxy groups -OCH3 is 1. The van der Waals surface area contributed by atoms with Crippen molar-refractivity contribution < 1.29 is 19.1 Å². The van der Waals surface area contributed by atoms with Gasteiger partial charge in [0.2, 0.25) is 5.91 Å². The van der Waals surface area contributed by atoms with E-state index in [9.17, 15) is 14.4 Å². The van der Waals surface area contributed by atoms with Crippen LogP contribution in [0.2, 0.25) is 0 Å². The lowest BCUT2D eigenvalue weighted by molar-refractivity contribution is -0.145. The Morgan fingerprint density at radius 2 is 1.75 bits per heavy atom. The lowest BCUT2D eigenvalue weighted by atomic mass is 9.96. The number of nitrogens with zero attached hydrogens (tertiary/aromatic N) is 2. The molecule has 0 aromatic heterocycles. The molecule has 2 heterocycles. The van der Waals surface area contributed by atoms with Crippen LogP contribution in [-0.2, 0) is 20.7 Å². The SMILES string of the molecule is COC(=O)[C@@H](Cc1ccccc1)NC(=O)C1CCCN(C(=O)N2CCCC2)C1. The number of piperidine rings is 1. The van der Waals surface area contributed by atoms with E-state index >= 15 is 0 Å². The van der Waals surface area contributed by atoms with Gasteiger partial charge in [-0.3, -0.25) is 4.79 Å². The Bertz CT molecular complexity index is 688. The zero-order valence-corrected chi connectivity index (χ0v) is 16.4. The molecule has 0 saturated carbocycles. The van der Waals surface area contributed by atoms with Crippen LogP contribution in [0.1, 0.15) is 31.2 Å². The lowest BCUT2D eigenvalue weighted by Crippen LogP contribution is -2.52. The maximum Gasteiger partial charge on any atom is 0.328 e. The number of amides is 3. The van der Waals surface area contributed by atoms with Gasteiger partial charge in [0.1, 0.15) is 6.04 Å². The van der Waals surface area contributed by atoms with Crippen LogP contribution in [0, 0.1) is 5.92 Å². The monoisotopic (exact) mass is 387 g/mol. The first kappa shape index (κ1) is 20.2. The average Bonchev–Trinajstić information content (AvgIpc) is 3.28. The molecule has 1 N–H and O–H groups in total. The highest BCUT2D eigenvalue weighted by Crippen LogP contribution is 2.20. The Labute approximate surface area is 166 Å². The van der Waals surface area contributed by atoms with Gasteiger partial charge in [-0.15, -0.1) is 0 Å². The Balaban J connectivity index is 1.60. The van der Waals surface area contributed by atoms with Crippen LogP contribution in [0.4, 0.5) is 4.79 Å². The summed E-state index contributed by atoms with van der Waals surface area (Å²) in [6, 6.07) is 8.83. The van der Waals surface area contributed by atoms with Crippen LogP contribution < -0.4 is 5.32 Å². The standard InChI is InChI=1S/C21H29N3O4/c1-28-20(26)18(14-16-8-3-2-4-9-16)22-19(25)17-10-7-13-24(15-17)21(27)23-11-5-6-12-23/h2-4,8-9,17-18H,5-7,10-15H2,1H3,(H,22,25)/t17?,18-/m1/s1. The number of rotatable bonds is 5. The van der Waals surface area contributed by atoms with Crippen molar-refractivity contribution in [3.8, 4) is 0 Å². The molecule has 2 fully saturated rings. The van der Waals surface area contributed by atoms with Gasteiger partial charge in [-0.2, -0.15) is 0 Å². The fraction of sp³-hybridized carbons (Fsp3) is 0.571. The predicted molar refractivity (Wildman–Crippen MR) is 105 cm³/mol. The zero-order valence-electron chi connectivity index (χ0n) is 16.4. The number of nitrogens with one attached hydrogen (secondary N) is 1. The third kappa shape index (κ3) is 5.03. The lowest BCUT2D eigenvalue weighted by Gasteiger charge is -2.35. The van der Waals surface area contributed by atoms with Crippen LogP contribution in [0.3, 0.4) is 0 Å². The van der Waals surface area contributed by atoms with Gasteiger partial charge in [0, 0.05) is 32.6 Å². The minimum absolute atomic E-state index is 0.0313. The fourth-order valence-corrected chi connectivity index (χ4v) is 3.95. The first-order valence-corrected chi connectivity index (χ1v) is 10.0. The fourth-order valence-electron chi connectivity index (χ4n) is 3.95. The number of likely N-dealkylation sites (tertiary alicyclic amines) is 2. The maximum atomic E-state index is 12.8. The van der Waals surface area contributed by atoms with Crippen molar-refractivity contribution in [3.63, 3.8) is 0 Å². The summed E-state index contributed by atoms with van der Waals surface area (Å²) in [5.74, 6) is -0.952. The number of benzene rings is 1. The van der Waals surface area contributed by atoms with Crippen LogP contribution in [0.15, 0.2) is 30.3 Å². The van der Waals surface area contributed by atoms with Gasteiger partial charge in [-0.1, -0.05) is 30.3 Å². The van der Waals surface area contributed by atoms with E-state index in [1.54, 1.807) is 4.90 Å². The molecule has 3 rings (SSSR count). The molecule has 2 saturated heterocycles. The summed E-state index contributed by atoms with van der Waals surface area (Å²) < 4.78 is 4.87. The molecule has 7 nitrogen and oxygen atoms in total. The summed E-state index contributed by atoms with van der Waals surface area (Å²) in [6.07, 6.45) is 3.98. The molecule has 2 aliphatic rings. The van der Waals surface area contributed by atoms with Gasteiger partial charge in [0.15, 0.2) is 0 Å². The highest BCUT2D eigenvalue weighted by atomic mass is 16.5. The first-order valence-electron chi connectivity index (χ1n) is 10.0. The van der Waals surface area contributed by atoms with Crippen LogP contribution in [0.25, 0.3) is 0 Å². The number of hydrogen-bond acceptors (Lipinski definition) is 4. The molecule has 152 valence electrons. The Morgan fingerprint density at radius 3 is 2.43 bits per heavy atom. The second-order valence-electron chi connectivity index (χ2n) is 7.54. The van der Waals surface area contributed by atoms with E-state index in [4.69, 9.17) is 4.74 Å². The smallest absolute Gasteiger partial charge is 0.328 e. The number of carbonyl (C=O) groups excluding carboxylic acids is 3. The summed E-state index contributed by atoms with van der Waals surface area (Å²) in [5.41, 5.74) is 0.952. The minimum atomic E-state index is -0.732. The van der Waals surface area contributed by atoms with Crippen molar-refractivity contribution in [2.24, 2.45) is 5.92 Å². The molecule has 3 amide bonds. The number of urea groups is 1. The summed E-state index contributed by atoms with van der Waals surface area (Å²) >= 11 is 0. The number of esters is 1. The molecule has 2 aliphatic heterocycles. The molecule has 0 aliphatic carbocycles. The Kier molecular flexibility index (Phi) is 6.90. The van der Waals surface area contributed by atoms with Crippen molar-refractivity contribution in [2.45, 2.75) is 38.1 Å². The molecule has 1 aromatic carbocycles. The van der Waals surface area contributed by atoms with Gasteiger partial charge in [-0.05, 0) is 31.2 Å². The van der Waals surface area contributed by atoms with Crippen molar-refractivity contribution in [2.75, 3.05) is 33.3 Å². The summed E-state index contributed by atoms with van der Waals surface area (Å²) in [5, 5.41) is 2.85. The molecule has 28 heavy (non-hydrogen) atoms. The number of carbonyl (C=O) groups is 3. The Morgan fingerprint density at radius 1 is 1.07 bits per heavy atom. The van der Waals surface area contributed by atoms with E-state index < -0.39 is 12.0 Å².